The summed E-state index contributed by atoms with van der Waals surface area (Å²) in [6, 6.07) is 36.4. The van der Waals surface area contributed by atoms with Gasteiger partial charge in [-0.3, -0.25) is 4.79 Å². The average Bonchev–Trinajstić information content (AvgIpc) is 3.45. The van der Waals surface area contributed by atoms with Crippen molar-refractivity contribution < 1.29 is 4.74 Å². The number of benzene rings is 4. The van der Waals surface area contributed by atoms with Crippen molar-refractivity contribution in [3.8, 4) is 5.75 Å². The lowest BCUT2D eigenvalue weighted by Gasteiger charge is -2.30. The third kappa shape index (κ3) is 3.28. The number of nitrogens with zero attached hydrogens (tertiary/aromatic N) is 2. The maximum Gasteiger partial charge on any atom is 0.274 e. The van der Waals surface area contributed by atoms with Crippen LogP contribution in [0.3, 0.4) is 0 Å². The molecule has 0 saturated heterocycles. The van der Waals surface area contributed by atoms with Gasteiger partial charge in [-0.25, -0.2) is 9.38 Å². The highest BCUT2D eigenvalue weighted by Crippen LogP contribution is 2.46. The lowest BCUT2D eigenvalue weighted by molar-refractivity contribution is 0.488. The molecule has 6 aromatic rings. The zero-order valence-corrected chi connectivity index (χ0v) is 20.0. The molecule has 0 spiro atoms. The highest BCUT2D eigenvalue weighted by molar-refractivity contribution is 7.15. The summed E-state index contributed by atoms with van der Waals surface area (Å²) in [5.41, 5.74) is 5.75. The summed E-state index contributed by atoms with van der Waals surface area (Å²) in [6.45, 7) is 0. The number of thiazole rings is 1. The fourth-order valence-electron chi connectivity index (χ4n) is 5.00. The van der Waals surface area contributed by atoms with Crippen molar-refractivity contribution in [3.05, 3.63) is 146 Å². The number of fused-ring (bicyclic) bond motifs is 4. The minimum absolute atomic E-state index is 0.0609. The van der Waals surface area contributed by atoms with Crippen LogP contribution in [-0.4, -0.2) is 9.38 Å². The summed E-state index contributed by atoms with van der Waals surface area (Å²) in [5, 5.41) is 0. The highest BCUT2D eigenvalue weighted by atomic mass is 32.1. The summed E-state index contributed by atoms with van der Waals surface area (Å²) >= 11 is 1.41. The van der Waals surface area contributed by atoms with Crippen LogP contribution in [0.2, 0.25) is 0 Å². The zero-order chi connectivity index (χ0) is 24.1. The first kappa shape index (κ1) is 20.9. The van der Waals surface area contributed by atoms with Gasteiger partial charge in [0, 0.05) is 22.6 Å². The van der Waals surface area contributed by atoms with Crippen LogP contribution in [0.5, 0.6) is 5.75 Å². The molecule has 0 saturated carbocycles. The van der Waals surface area contributed by atoms with Crippen molar-refractivity contribution in [2.75, 3.05) is 0 Å². The molecule has 1 aliphatic heterocycles. The smallest absolute Gasteiger partial charge is 0.274 e. The van der Waals surface area contributed by atoms with Gasteiger partial charge in [0.15, 0.2) is 4.96 Å². The Kier molecular flexibility index (Phi) is 4.82. The molecule has 1 atom stereocenters. The second kappa shape index (κ2) is 8.33. The Morgan fingerprint density at radius 1 is 0.806 bits per heavy atom. The third-order valence-electron chi connectivity index (χ3n) is 6.62. The van der Waals surface area contributed by atoms with Crippen LogP contribution >= 0.6 is 11.3 Å². The fourth-order valence-corrected chi connectivity index (χ4v) is 5.98. The maximum atomic E-state index is 13.6. The molecule has 172 valence electrons. The molecule has 3 heterocycles. The minimum Gasteiger partial charge on any atom is -0.456 e. The van der Waals surface area contributed by atoms with E-state index in [1.807, 2.05) is 84.9 Å². The van der Waals surface area contributed by atoms with E-state index in [1.165, 1.54) is 11.3 Å². The number of hydrogen-bond donors (Lipinski definition) is 0. The molecule has 4 aromatic carbocycles. The average molecular weight is 485 g/mol. The predicted octanol–water partition coefficient (Wildman–Crippen LogP) is 6.04. The molecule has 0 amide bonds. The molecule has 4 nitrogen and oxygen atoms in total. The normalized spacial score (nSPS) is 15.9. The number of aromatic nitrogens is 2. The van der Waals surface area contributed by atoms with Gasteiger partial charge < -0.3 is 4.74 Å². The van der Waals surface area contributed by atoms with Gasteiger partial charge in [-0.1, -0.05) is 102 Å². The molecular formula is C31H20N2O2S. The maximum absolute atomic E-state index is 13.6. The number of allylic oxidation sites excluding steroid dienone is 1. The van der Waals surface area contributed by atoms with Crippen molar-refractivity contribution in [1.29, 1.82) is 0 Å². The quantitative estimate of drug-likeness (QED) is 0.307. The van der Waals surface area contributed by atoms with Crippen LogP contribution in [0.1, 0.15) is 22.6 Å². The van der Waals surface area contributed by atoms with Crippen molar-refractivity contribution in [2.24, 2.45) is 0 Å². The Balaban J connectivity index is 1.55. The Hall–Kier alpha value is -4.48. The van der Waals surface area contributed by atoms with E-state index in [-0.39, 0.29) is 11.5 Å². The van der Waals surface area contributed by atoms with Crippen molar-refractivity contribution in [1.82, 2.24) is 9.38 Å². The minimum atomic E-state index is -0.0862. The standard InChI is InChI=1S/C31H20N2O2S/c34-30-27(36-31-32-24-16-8-9-17-25(24)33(30)31)19-23-28(20-11-3-1-4-12-20)22-15-7-10-18-26(22)35-29(23)21-13-5-2-6-14-21/h1-19,28H/b27-19-/t28-/m0/s1. The summed E-state index contributed by atoms with van der Waals surface area (Å²) in [6.07, 6.45) is 2.01. The summed E-state index contributed by atoms with van der Waals surface area (Å²) in [7, 11) is 0. The molecule has 1 aliphatic rings. The lowest BCUT2D eigenvalue weighted by Crippen LogP contribution is -2.24. The van der Waals surface area contributed by atoms with Gasteiger partial charge in [-0.2, -0.15) is 0 Å². The molecule has 0 radical (unpaired) electrons. The van der Waals surface area contributed by atoms with Gasteiger partial charge in [0.2, 0.25) is 0 Å². The Labute approximate surface area is 211 Å². The van der Waals surface area contributed by atoms with Crippen LogP contribution in [0.25, 0.3) is 27.8 Å². The SMILES string of the molecule is O=c1/c(=C/C2=C(c3ccccc3)Oc3ccccc3[C@@H]2c2ccccc2)sc2nc3ccccc3n12. The molecule has 36 heavy (non-hydrogen) atoms. The molecule has 7 rings (SSSR count). The van der Waals surface area contributed by atoms with E-state index in [9.17, 15) is 4.79 Å². The monoisotopic (exact) mass is 484 g/mol. The zero-order valence-electron chi connectivity index (χ0n) is 19.2. The van der Waals surface area contributed by atoms with Gasteiger partial charge >= 0.3 is 0 Å². The first-order chi connectivity index (χ1) is 17.8. The van der Waals surface area contributed by atoms with Crippen LogP contribution in [0.4, 0.5) is 0 Å². The summed E-state index contributed by atoms with van der Waals surface area (Å²) in [4.78, 5) is 19.0. The van der Waals surface area contributed by atoms with Crippen LogP contribution in [0, 0.1) is 0 Å². The molecule has 0 aliphatic carbocycles. The van der Waals surface area contributed by atoms with Crippen molar-refractivity contribution >= 4 is 39.2 Å². The van der Waals surface area contributed by atoms with E-state index >= 15 is 0 Å². The first-order valence-electron chi connectivity index (χ1n) is 11.8. The van der Waals surface area contributed by atoms with E-state index in [0.717, 1.165) is 44.8 Å². The van der Waals surface area contributed by atoms with Gasteiger partial charge in [0.05, 0.1) is 15.6 Å². The Bertz CT molecular complexity index is 1890. The van der Waals surface area contributed by atoms with Crippen molar-refractivity contribution in [3.63, 3.8) is 0 Å². The van der Waals surface area contributed by atoms with E-state index < -0.39 is 0 Å². The lowest BCUT2D eigenvalue weighted by atomic mass is 9.81. The van der Waals surface area contributed by atoms with E-state index in [1.54, 1.807) is 4.40 Å². The van der Waals surface area contributed by atoms with E-state index in [0.29, 0.717) is 9.49 Å². The largest absolute Gasteiger partial charge is 0.456 e. The van der Waals surface area contributed by atoms with Crippen molar-refractivity contribution in [2.45, 2.75) is 5.92 Å². The third-order valence-corrected chi connectivity index (χ3v) is 7.58. The molecule has 0 fully saturated rings. The highest BCUT2D eigenvalue weighted by Gasteiger charge is 2.30. The number of rotatable bonds is 3. The molecule has 0 unspecified atom stereocenters. The van der Waals surface area contributed by atoms with Gasteiger partial charge in [0.25, 0.3) is 5.56 Å². The second-order valence-electron chi connectivity index (χ2n) is 8.77. The molecule has 5 heteroatoms. The molecule has 0 N–H and O–H groups in total. The number of imidazole rings is 1. The van der Waals surface area contributed by atoms with Gasteiger partial charge in [-0.05, 0) is 29.8 Å². The second-order valence-corrected chi connectivity index (χ2v) is 9.78. The van der Waals surface area contributed by atoms with Crippen LogP contribution in [-0.2, 0) is 0 Å². The van der Waals surface area contributed by atoms with Gasteiger partial charge in [0.1, 0.15) is 11.5 Å². The summed E-state index contributed by atoms with van der Waals surface area (Å²) in [5.74, 6) is 1.51. The predicted molar refractivity (Wildman–Crippen MR) is 145 cm³/mol. The first-order valence-corrected chi connectivity index (χ1v) is 12.6. The van der Waals surface area contributed by atoms with E-state index in [2.05, 4.69) is 30.3 Å². The number of para-hydroxylation sites is 3. The number of ether oxygens (including phenoxy) is 1. The molecular weight excluding hydrogens is 464 g/mol. The van der Waals surface area contributed by atoms with Crippen LogP contribution in [0.15, 0.2) is 120 Å². The molecule has 2 aromatic heterocycles. The number of hydrogen-bond acceptors (Lipinski definition) is 4. The molecule has 0 bridgehead atoms. The topological polar surface area (TPSA) is 43.6 Å². The summed E-state index contributed by atoms with van der Waals surface area (Å²) < 4.78 is 8.90. The Morgan fingerprint density at radius 3 is 2.33 bits per heavy atom. The fraction of sp³-hybridized carbons (Fsp3) is 0.0323. The Morgan fingerprint density at radius 2 is 1.50 bits per heavy atom. The van der Waals surface area contributed by atoms with Gasteiger partial charge in [-0.15, -0.1) is 0 Å². The van der Waals surface area contributed by atoms with Crippen LogP contribution < -0.4 is 14.8 Å². The van der Waals surface area contributed by atoms with E-state index in [4.69, 9.17) is 9.72 Å².